The molecule has 0 bridgehead atoms. The van der Waals surface area contributed by atoms with E-state index in [1.807, 2.05) is 48.2 Å². The van der Waals surface area contributed by atoms with E-state index in [4.69, 9.17) is 27.9 Å². The number of piperidine rings is 2. The van der Waals surface area contributed by atoms with Crippen LogP contribution in [-0.4, -0.2) is 41.8 Å². The lowest BCUT2D eigenvalue weighted by Crippen LogP contribution is -2.59. The van der Waals surface area contributed by atoms with Gasteiger partial charge >= 0.3 is 0 Å². The summed E-state index contributed by atoms with van der Waals surface area (Å²) < 4.78 is 7.61. The molecule has 3 amide bonds. The minimum atomic E-state index is -1.13. The maximum absolute atomic E-state index is 14.4. The summed E-state index contributed by atoms with van der Waals surface area (Å²) in [6.45, 7) is 3.16. The van der Waals surface area contributed by atoms with Gasteiger partial charge in [0.2, 0.25) is 17.7 Å². The number of nitrogens with one attached hydrogen (secondary N) is 2. The van der Waals surface area contributed by atoms with Crippen LogP contribution in [0.4, 0.5) is 5.69 Å². The van der Waals surface area contributed by atoms with Crippen molar-refractivity contribution in [1.82, 2.24) is 10.2 Å². The normalized spacial score (nSPS) is 27.4. The molecule has 42 heavy (non-hydrogen) atoms. The van der Waals surface area contributed by atoms with Crippen LogP contribution in [0.3, 0.4) is 0 Å². The summed E-state index contributed by atoms with van der Waals surface area (Å²) in [4.78, 5) is 42.0. The standard InChI is InChI=1S/C32H32Cl2IN3O4/c1-2-29(40)38-12-10-22(11-13-38)42-27-9-7-21(35)16-23(27)30-32(24-8-6-20(34)15-26(24)36-31(32)41)25(17-28(39)37-30)18-4-3-5-19(33)14-18/h3-9,15-16,18,22,25,30H,2,10-14,17H2,1H3,(H,36,41)(H,37,39)/t18?,25-,30?,32-/m0/s1. The van der Waals surface area contributed by atoms with Crippen LogP contribution in [0.25, 0.3) is 0 Å². The summed E-state index contributed by atoms with van der Waals surface area (Å²) in [6, 6.07) is 10.7. The number of anilines is 1. The molecule has 2 saturated heterocycles. The highest BCUT2D eigenvalue weighted by atomic mass is 127. The van der Waals surface area contributed by atoms with E-state index in [2.05, 4.69) is 39.3 Å². The molecule has 2 aromatic carbocycles. The van der Waals surface area contributed by atoms with Gasteiger partial charge in [0.05, 0.1) is 6.04 Å². The summed E-state index contributed by atoms with van der Waals surface area (Å²) in [5.74, 6) is -0.0130. The average molecular weight is 720 g/mol. The zero-order chi connectivity index (χ0) is 29.6. The van der Waals surface area contributed by atoms with E-state index in [9.17, 15) is 14.4 Å². The number of fused-ring (bicyclic) bond motifs is 2. The van der Waals surface area contributed by atoms with Crippen LogP contribution in [0.15, 0.2) is 59.7 Å². The number of carbonyl (C=O) groups excluding carboxylic acids is 3. The van der Waals surface area contributed by atoms with Gasteiger partial charge in [-0.05, 0) is 82.8 Å². The van der Waals surface area contributed by atoms with Crippen molar-refractivity contribution in [2.75, 3.05) is 18.4 Å². The van der Waals surface area contributed by atoms with Gasteiger partial charge in [0.1, 0.15) is 17.3 Å². The first-order valence-corrected chi connectivity index (χ1v) is 16.2. The number of hydrogen-bond acceptors (Lipinski definition) is 4. The van der Waals surface area contributed by atoms with Gasteiger partial charge in [-0.2, -0.15) is 0 Å². The number of nitrogens with zero attached hydrogens (tertiary/aromatic N) is 1. The fourth-order valence-corrected chi connectivity index (χ4v) is 8.06. The Morgan fingerprint density at radius 3 is 2.64 bits per heavy atom. The van der Waals surface area contributed by atoms with Gasteiger partial charge in [-0.1, -0.05) is 48.3 Å². The predicted molar refractivity (Wildman–Crippen MR) is 172 cm³/mol. The molecule has 1 aliphatic carbocycles. The summed E-state index contributed by atoms with van der Waals surface area (Å²) in [5.41, 5.74) is 1.09. The fourth-order valence-electron chi connectivity index (χ4n) is 7.12. The van der Waals surface area contributed by atoms with E-state index in [-0.39, 0.29) is 42.1 Å². The Morgan fingerprint density at radius 2 is 1.90 bits per heavy atom. The molecule has 4 atom stereocenters. The van der Waals surface area contributed by atoms with E-state index in [1.54, 1.807) is 12.1 Å². The van der Waals surface area contributed by atoms with Crippen molar-refractivity contribution in [1.29, 1.82) is 0 Å². The number of rotatable bonds is 5. The molecule has 1 spiro atoms. The van der Waals surface area contributed by atoms with Crippen LogP contribution in [0.5, 0.6) is 5.75 Å². The Hall–Kier alpha value is -2.56. The Labute approximate surface area is 269 Å². The van der Waals surface area contributed by atoms with Crippen LogP contribution >= 0.6 is 45.8 Å². The number of likely N-dealkylation sites (tertiary alicyclic amines) is 1. The molecular weight excluding hydrogens is 688 g/mol. The van der Waals surface area contributed by atoms with E-state index >= 15 is 0 Å². The van der Waals surface area contributed by atoms with Gasteiger partial charge in [-0.15, -0.1) is 0 Å². The quantitative estimate of drug-likeness (QED) is 0.346. The average Bonchev–Trinajstić information content (AvgIpc) is 3.25. The van der Waals surface area contributed by atoms with Gasteiger partial charge in [0, 0.05) is 63.6 Å². The zero-order valence-corrected chi connectivity index (χ0v) is 26.8. The molecule has 220 valence electrons. The topological polar surface area (TPSA) is 87.7 Å². The Kier molecular flexibility index (Phi) is 8.32. The first-order chi connectivity index (χ1) is 20.2. The number of halogens is 3. The molecule has 3 heterocycles. The molecule has 0 saturated carbocycles. The van der Waals surface area contributed by atoms with Gasteiger partial charge in [0.15, 0.2) is 0 Å². The summed E-state index contributed by atoms with van der Waals surface area (Å²) in [5, 5.41) is 7.55. The number of benzene rings is 2. The van der Waals surface area contributed by atoms with Crippen LogP contribution in [0.2, 0.25) is 5.02 Å². The number of hydrogen-bond donors (Lipinski definition) is 2. The number of ether oxygens (including phenoxy) is 1. The second-order valence-electron chi connectivity index (χ2n) is 11.4. The molecule has 6 rings (SSSR count). The Morgan fingerprint density at radius 1 is 1.12 bits per heavy atom. The molecule has 2 unspecified atom stereocenters. The van der Waals surface area contributed by atoms with Crippen molar-refractivity contribution >= 4 is 69.2 Å². The Bertz CT molecular complexity index is 1500. The molecule has 3 aliphatic heterocycles. The fraction of sp³-hybridized carbons (Fsp3) is 0.406. The van der Waals surface area contributed by atoms with Gasteiger partial charge in [-0.25, -0.2) is 0 Å². The minimum Gasteiger partial charge on any atom is -0.490 e. The van der Waals surface area contributed by atoms with Crippen molar-refractivity contribution in [2.24, 2.45) is 11.8 Å². The first-order valence-electron chi connectivity index (χ1n) is 14.4. The van der Waals surface area contributed by atoms with E-state index in [0.717, 1.165) is 14.7 Å². The van der Waals surface area contributed by atoms with Gasteiger partial charge in [0.25, 0.3) is 0 Å². The SMILES string of the molecule is CCC(=O)N1CCC(Oc2ccc(I)cc2C2NC(=O)C[C@@H](C3C=CC=C(Cl)C3)[C@]23C(=O)Nc2cc(Cl)ccc23)CC1. The van der Waals surface area contributed by atoms with Crippen molar-refractivity contribution in [2.45, 2.75) is 56.6 Å². The molecule has 2 N–H and O–H groups in total. The third kappa shape index (κ3) is 5.24. The van der Waals surface area contributed by atoms with E-state index in [0.29, 0.717) is 60.3 Å². The molecular formula is C32H32Cl2IN3O4. The summed E-state index contributed by atoms with van der Waals surface area (Å²) in [6.07, 6.45) is 8.37. The number of carbonyl (C=O) groups is 3. The molecule has 4 aliphatic rings. The van der Waals surface area contributed by atoms with Crippen LogP contribution in [0, 0.1) is 15.4 Å². The monoisotopic (exact) mass is 719 g/mol. The number of allylic oxidation sites excluding steroid dienone is 4. The molecule has 2 aromatic rings. The smallest absolute Gasteiger partial charge is 0.237 e. The molecule has 2 fully saturated rings. The molecule has 0 aromatic heterocycles. The lowest BCUT2D eigenvalue weighted by atomic mass is 9.57. The predicted octanol–water partition coefficient (Wildman–Crippen LogP) is 6.49. The van der Waals surface area contributed by atoms with Crippen molar-refractivity contribution in [3.8, 4) is 5.75 Å². The van der Waals surface area contributed by atoms with Gasteiger partial charge < -0.3 is 20.3 Å². The van der Waals surface area contributed by atoms with Gasteiger partial charge in [-0.3, -0.25) is 14.4 Å². The molecule has 0 radical (unpaired) electrons. The maximum atomic E-state index is 14.4. The highest BCUT2D eigenvalue weighted by Crippen LogP contribution is 2.58. The van der Waals surface area contributed by atoms with Crippen molar-refractivity contribution in [3.05, 3.63) is 79.4 Å². The van der Waals surface area contributed by atoms with Crippen molar-refractivity contribution < 1.29 is 19.1 Å². The summed E-state index contributed by atoms with van der Waals surface area (Å²) in [7, 11) is 0. The lowest BCUT2D eigenvalue weighted by Gasteiger charge is -2.49. The van der Waals surface area contributed by atoms with Crippen LogP contribution in [-0.2, 0) is 19.8 Å². The van der Waals surface area contributed by atoms with Crippen LogP contribution < -0.4 is 15.4 Å². The zero-order valence-electron chi connectivity index (χ0n) is 23.2. The second-order valence-corrected chi connectivity index (χ2v) is 13.6. The third-order valence-electron chi connectivity index (χ3n) is 9.06. The van der Waals surface area contributed by atoms with E-state index < -0.39 is 11.5 Å². The summed E-state index contributed by atoms with van der Waals surface area (Å²) >= 11 is 15.1. The maximum Gasteiger partial charge on any atom is 0.237 e. The van der Waals surface area contributed by atoms with E-state index in [1.165, 1.54) is 0 Å². The highest BCUT2D eigenvalue weighted by molar-refractivity contribution is 14.1. The van der Waals surface area contributed by atoms with Crippen LogP contribution in [0.1, 0.15) is 56.2 Å². The van der Waals surface area contributed by atoms with Crippen molar-refractivity contribution in [3.63, 3.8) is 0 Å². The number of amides is 3. The highest BCUT2D eigenvalue weighted by Gasteiger charge is 2.62. The first kappa shape index (κ1) is 29.5. The second kappa shape index (κ2) is 11.8. The largest absolute Gasteiger partial charge is 0.490 e. The Balaban J connectivity index is 1.45. The third-order valence-corrected chi connectivity index (χ3v) is 10.2. The molecule has 7 nitrogen and oxygen atoms in total. The minimum absolute atomic E-state index is 0.0931. The molecule has 10 heteroatoms. The lowest BCUT2D eigenvalue weighted by molar-refractivity contribution is -0.135.